The summed E-state index contributed by atoms with van der Waals surface area (Å²) < 4.78 is 33.7. The molecule has 3 rings (SSSR count). The SMILES string of the molecule is COc1nc2c(cc1Cc1ccc(F)c(F)c1)c(=O)c(C(=O)O)cn2[C@H](CO)C(C)C. The van der Waals surface area contributed by atoms with Crippen molar-refractivity contribution < 1.29 is 28.5 Å². The van der Waals surface area contributed by atoms with Crippen molar-refractivity contribution in [2.45, 2.75) is 26.3 Å². The van der Waals surface area contributed by atoms with Gasteiger partial charge >= 0.3 is 5.97 Å². The number of nitrogens with zero attached hydrogens (tertiary/aromatic N) is 2. The molecule has 2 N–H and O–H groups in total. The summed E-state index contributed by atoms with van der Waals surface area (Å²) in [4.78, 5) is 28.9. The highest BCUT2D eigenvalue weighted by atomic mass is 19.2. The average molecular weight is 432 g/mol. The quantitative estimate of drug-likeness (QED) is 0.595. The number of hydrogen-bond donors (Lipinski definition) is 2. The molecule has 0 saturated carbocycles. The minimum absolute atomic E-state index is 0.0254. The molecular formula is C22H22F2N2O5. The number of fused-ring (bicyclic) bond motifs is 1. The van der Waals surface area contributed by atoms with Crippen molar-refractivity contribution in [3.63, 3.8) is 0 Å². The number of carbonyl (C=O) groups is 1. The Morgan fingerprint density at radius 2 is 1.94 bits per heavy atom. The molecule has 7 nitrogen and oxygen atoms in total. The fourth-order valence-electron chi connectivity index (χ4n) is 3.49. The lowest BCUT2D eigenvalue weighted by Crippen LogP contribution is -2.26. The first-order valence-electron chi connectivity index (χ1n) is 9.58. The molecule has 0 aliphatic heterocycles. The standard InChI is InChI=1S/C22H22F2N2O5/c1-11(2)18(10-27)26-9-15(22(29)30)19(28)14-8-13(21(31-3)25-20(14)26)6-12-4-5-16(23)17(24)7-12/h4-5,7-9,11,18,27H,6,10H2,1-3H3,(H,29,30)/t18-/m1/s1. The number of aromatic nitrogens is 2. The number of methoxy groups -OCH3 is 1. The molecular weight excluding hydrogens is 410 g/mol. The summed E-state index contributed by atoms with van der Waals surface area (Å²) >= 11 is 0. The van der Waals surface area contributed by atoms with E-state index in [4.69, 9.17) is 4.74 Å². The lowest BCUT2D eigenvalue weighted by Gasteiger charge is -2.24. The Morgan fingerprint density at radius 3 is 2.48 bits per heavy atom. The fraction of sp³-hybridized carbons (Fsp3) is 0.318. The van der Waals surface area contributed by atoms with E-state index in [1.807, 2.05) is 13.8 Å². The van der Waals surface area contributed by atoms with Crippen LogP contribution in [0.3, 0.4) is 0 Å². The normalized spacial score (nSPS) is 12.4. The first kappa shape index (κ1) is 22.4. The fourth-order valence-corrected chi connectivity index (χ4v) is 3.49. The van der Waals surface area contributed by atoms with Crippen LogP contribution >= 0.6 is 0 Å². The van der Waals surface area contributed by atoms with Crippen LogP contribution in [0.1, 0.15) is 41.4 Å². The highest BCUT2D eigenvalue weighted by molar-refractivity contribution is 5.92. The van der Waals surface area contributed by atoms with Crippen LogP contribution in [0.15, 0.2) is 35.3 Å². The van der Waals surface area contributed by atoms with Gasteiger partial charge in [-0.15, -0.1) is 0 Å². The lowest BCUT2D eigenvalue weighted by molar-refractivity contribution is 0.0694. The Labute approximate surface area is 176 Å². The number of carboxylic acid groups (broad SMARTS) is 1. The zero-order valence-electron chi connectivity index (χ0n) is 17.2. The van der Waals surface area contributed by atoms with Gasteiger partial charge in [-0.2, -0.15) is 4.98 Å². The Bertz CT molecular complexity index is 1210. The number of rotatable bonds is 7. The number of halogens is 2. The maximum atomic E-state index is 13.6. The largest absolute Gasteiger partial charge is 0.481 e. The third-order valence-electron chi connectivity index (χ3n) is 5.16. The second-order valence-electron chi connectivity index (χ2n) is 7.53. The number of aliphatic hydroxyl groups excluding tert-OH is 1. The Morgan fingerprint density at radius 1 is 1.23 bits per heavy atom. The highest BCUT2D eigenvalue weighted by Crippen LogP contribution is 2.27. The molecule has 0 spiro atoms. The van der Waals surface area contributed by atoms with Gasteiger partial charge in [0.25, 0.3) is 0 Å². The minimum atomic E-state index is -1.40. The number of aromatic carboxylic acids is 1. The molecule has 0 unspecified atom stereocenters. The topological polar surface area (TPSA) is 102 Å². The first-order valence-corrected chi connectivity index (χ1v) is 9.58. The molecule has 9 heteroatoms. The van der Waals surface area contributed by atoms with E-state index in [2.05, 4.69) is 4.98 Å². The molecule has 0 fully saturated rings. The van der Waals surface area contributed by atoms with Gasteiger partial charge in [-0.3, -0.25) is 4.79 Å². The molecule has 0 bridgehead atoms. The maximum absolute atomic E-state index is 13.6. The molecule has 1 aromatic carbocycles. The van der Waals surface area contributed by atoms with E-state index in [-0.39, 0.29) is 35.9 Å². The van der Waals surface area contributed by atoms with E-state index < -0.39 is 34.6 Å². The van der Waals surface area contributed by atoms with Crippen molar-refractivity contribution in [1.29, 1.82) is 0 Å². The van der Waals surface area contributed by atoms with Crippen LogP contribution in [0.25, 0.3) is 11.0 Å². The summed E-state index contributed by atoms with van der Waals surface area (Å²) in [6.07, 6.45) is 1.25. The van der Waals surface area contributed by atoms with Gasteiger partial charge < -0.3 is 19.5 Å². The minimum Gasteiger partial charge on any atom is -0.481 e. The van der Waals surface area contributed by atoms with Crippen LogP contribution in [-0.4, -0.2) is 39.5 Å². The van der Waals surface area contributed by atoms with Gasteiger partial charge in [-0.1, -0.05) is 19.9 Å². The maximum Gasteiger partial charge on any atom is 0.341 e. The van der Waals surface area contributed by atoms with Gasteiger partial charge in [0, 0.05) is 18.2 Å². The molecule has 0 radical (unpaired) electrons. The second kappa shape index (κ2) is 8.81. The van der Waals surface area contributed by atoms with Gasteiger partial charge in [0.15, 0.2) is 11.6 Å². The molecule has 31 heavy (non-hydrogen) atoms. The summed E-state index contributed by atoms with van der Waals surface area (Å²) in [5.74, 6) is -3.34. The van der Waals surface area contributed by atoms with Gasteiger partial charge in [0.1, 0.15) is 11.2 Å². The summed E-state index contributed by atoms with van der Waals surface area (Å²) in [7, 11) is 1.38. The molecule has 164 valence electrons. The van der Waals surface area contributed by atoms with E-state index in [1.165, 1.54) is 30.0 Å². The summed E-state index contributed by atoms with van der Waals surface area (Å²) in [6.45, 7) is 3.40. The molecule has 0 aliphatic carbocycles. The van der Waals surface area contributed by atoms with Crippen LogP contribution in [-0.2, 0) is 6.42 Å². The predicted octanol–water partition coefficient (Wildman–Crippen LogP) is 3.16. The van der Waals surface area contributed by atoms with Crippen LogP contribution in [0.4, 0.5) is 8.78 Å². The van der Waals surface area contributed by atoms with E-state index in [1.54, 1.807) is 0 Å². The van der Waals surface area contributed by atoms with E-state index in [0.29, 0.717) is 11.1 Å². The molecule has 0 saturated heterocycles. The zero-order valence-corrected chi connectivity index (χ0v) is 17.2. The van der Waals surface area contributed by atoms with Crippen molar-refractivity contribution in [3.8, 4) is 5.88 Å². The highest BCUT2D eigenvalue weighted by Gasteiger charge is 2.23. The van der Waals surface area contributed by atoms with E-state index in [9.17, 15) is 28.6 Å². The summed E-state index contributed by atoms with van der Waals surface area (Å²) in [6, 6.07) is 4.34. The zero-order chi connectivity index (χ0) is 22.9. The lowest BCUT2D eigenvalue weighted by atomic mass is 10.0. The van der Waals surface area contributed by atoms with Crippen molar-refractivity contribution in [2.24, 2.45) is 5.92 Å². The number of ether oxygens (including phenoxy) is 1. The number of benzene rings is 1. The van der Waals surface area contributed by atoms with Crippen LogP contribution < -0.4 is 10.2 Å². The smallest absolute Gasteiger partial charge is 0.341 e. The average Bonchev–Trinajstić information content (AvgIpc) is 2.72. The number of aliphatic hydroxyl groups is 1. The van der Waals surface area contributed by atoms with E-state index >= 15 is 0 Å². The molecule has 3 aromatic rings. The Balaban J connectivity index is 2.29. The van der Waals surface area contributed by atoms with Gasteiger partial charge in [0.05, 0.1) is 25.1 Å². The van der Waals surface area contributed by atoms with Crippen LogP contribution in [0.5, 0.6) is 5.88 Å². The first-order chi connectivity index (χ1) is 14.7. The van der Waals surface area contributed by atoms with Crippen molar-refractivity contribution in [1.82, 2.24) is 9.55 Å². The Hall–Kier alpha value is -3.33. The van der Waals surface area contributed by atoms with Gasteiger partial charge in [-0.05, 0) is 29.7 Å². The van der Waals surface area contributed by atoms with Gasteiger partial charge in [-0.25, -0.2) is 13.6 Å². The number of hydrogen-bond acceptors (Lipinski definition) is 5. The molecule has 2 aromatic heterocycles. The molecule has 2 heterocycles. The second-order valence-corrected chi connectivity index (χ2v) is 7.53. The van der Waals surface area contributed by atoms with Crippen LogP contribution in [0.2, 0.25) is 0 Å². The summed E-state index contributed by atoms with van der Waals surface area (Å²) in [5, 5.41) is 19.4. The monoisotopic (exact) mass is 432 g/mol. The number of carboxylic acids is 1. The molecule has 0 amide bonds. The van der Waals surface area contributed by atoms with Crippen molar-refractivity contribution in [3.05, 3.63) is 69.0 Å². The van der Waals surface area contributed by atoms with Crippen molar-refractivity contribution in [2.75, 3.05) is 13.7 Å². The number of pyridine rings is 2. The molecule has 1 atom stereocenters. The summed E-state index contributed by atoms with van der Waals surface area (Å²) in [5.41, 5.74) is -0.215. The molecule has 0 aliphatic rings. The Kier molecular flexibility index (Phi) is 6.35. The predicted molar refractivity (Wildman–Crippen MR) is 110 cm³/mol. The van der Waals surface area contributed by atoms with Gasteiger partial charge in [0.2, 0.25) is 11.3 Å². The van der Waals surface area contributed by atoms with E-state index in [0.717, 1.165) is 12.1 Å². The van der Waals surface area contributed by atoms with Crippen LogP contribution in [0, 0.1) is 17.6 Å². The van der Waals surface area contributed by atoms with Crippen molar-refractivity contribution >= 4 is 17.0 Å². The third kappa shape index (κ3) is 4.27. The third-order valence-corrected chi connectivity index (χ3v) is 5.16.